The van der Waals surface area contributed by atoms with E-state index in [2.05, 4.69) is 30.8 Å². The zero-order chi connectivity index (χ0) is 13.1. The SMILES string of the molecule is ClC1=NC(C2CNCCO2)(N2CCNCC2)N=CN1. The summed E-state index contributed by atoms with van der Waals surface area (Å²) in [6, 6.07) is 0. The normalized spacial score (nSPS) is 36.7. The van der Waals surface area contributed by atoms with Gasteiger partial charge >= 0.3 is 0 Å². The van der Waals surface area contributed by atoms with Gasteiger partial charge in [0.15, 0.2) is 5.29 Å². The monoisotopic (exact) mass is 286 g/mol. The molecule has 0 aromatic heterocycles. The quantitative estimate of drug-likeness (QED) is 0.554. The van der Waals surface area contributed by atoms with Crippen LogP contribution in [0.4, 0.5) is 0 Å². The number of piperazine rings is 1. The lowest BCUT2D eigenvalue weighted by Gasteiger charge is -2.46. The molecule has 3 N–H and O–H groups in total. The molecule has 106 valence electrons. The number of amidine groups is 1. The fourth-order valence-electron chi connectivity index (χ4n) is 2.71. The number of hydrogen-bond donors (Lipinski definition) is 3. The minimum absolute atomic E-state index is 0.119. The maximum Gasteiger partial charge on any atom is 0.239 e. The number of morpholine rings is 1. The molecule has 0 bridgehead atoms. The number of hydrogen-bond acceptors (Lipinski definition) is 7. The lowest BCUT2D eigenvalue weighted by atomic mass is 10.1. The van der Waals surface area contributed by atoms with Gasteiger partial charge in [-0.1, -0.05) is 0 Å². The second kappa shape index (κ2) is 5.72. The molecule has 3 aliphatic rings. The van der Waals surface area contributed by atoms with Gasteiger partial charge in [0.25, 0.3) is 0 Å². The van der Waals surface area contributed by atoms with Gasteiger partial charge in [-0.3, -0.25) is 4.90 Å². The maximum absolute atomic E-state index is 6.07. The number of halogens is 1. The summed E-state index contributed by atoms with van der Waals surface area (Å²) in [5, 5.41) is 9.86. The average Bonchev–Trinajstić information content (AvgIpc) is 2.49. The molecule has 0 saturated carbocycles. The molecule has 0 aromatic carbocycles. The van der Waals surface area contributed by atoms with E-state index in [-0.39, 0.29) is 6.10 Å². The average molecular weight is 287 g/mol. The summed E-state index contributed by atoms with van der Waals surface area (Å²) in [5.74, 6) is -0.738. The number of rotatable bonds is 2. The van der Waals surface area contributed by atoms with Gasteiger partial charge in [-0.05, 0) is 11.6 Å². The molecule has 2 saturated heterocycles. The first-order valence-corrected chi connectivity index (χ1v) is 7.03. The van der Waals surface area contributed by atoms with Crippen molar-refractivity contribution in [3.8, 4) is 0 Å². The highest BCUT2D eigenvalue weighted by molar-refractivity contribution is 6.65. The molecule has 0 aliphatic carbocycles. The van der Waals surface area contributed by atoms with Crippen LogP contribution < -0.4 is 16.0 Å². The summed E-state index contributed by atoms with van der Waals surface area (Å²) in [6.45, 7) is 5.89. The van der Waals surface area contributed by atoms with E-state index in [1.165, 1.54) is 0 Å². The summed E-state index contributed by atoms with van der Waals surface area (Å²) < 4.78 is 5.89. The number of nitrogens with zero attached hydrogens (tertiary/aromatic N) is 3. The molecule has 0 radical (unpaired) electrons. The summed E-state index contributed by atoms with van der Waals surface area (Å²) in [7, 11) is 0. The topological polar surface area (TPSA) is 73.3 Å². The second-order valence-corrected chi connectivity index (χ2v) is 5.15. The third kappa shape index (κ3) is 2.61. The molecule has 19 heavy (non-hydrogen) atoms. The van der Waals surface area contributed by atoms with Crippen LogP contribution in [-0.4, -0.2) is 74.3 Å². The Balaban J connectivity index is 1.89. The third-order valence-electron chi connectivity index (χ3n) is 3.64. The number of ether oxygens (including phenoxy) is 1. The van der Waals surface area contributed by atoms with Crippen molar-refractivity contribution in [1.29, 1.82) is 0 Å². The zero-order valence-corrected chi connectivity index (χ0v) is 11.5. The zero-order valence-electron chi connectivity index (χ0n) is 10.7. The predicted octanol–water partition coefficient (Wildman–Crippen LogP) is -1.24. The second-order valence-electron chi connectivity index (χ2n) is 4.79. The Morgan fingerprint density at radius 2 is 2.16 bits per heavy atom. The standard InChI is InChI=1S/C11H19ClN6O/c12-10-15-8-16-11(17-10,9-7-14-3-6-19-9)18-4-1-13-2-5-18/h8-9,13-14H,1-7H2,(H,15,16,17). The van der Waals surface area contributed by atoms with E-state index in [4.69, 9.17) is 16.3 Å². The molecule has 3 heterocycles. The summed E-state index contributed by atoms with van der Waals surface area (Å²) in [4.78, 5) is 11.4. The fourth-order valence-corrected chi connectivity index (χ4v) is 2.88. The van der Waals surface area contributed by atoms with Gasteiger partial charge in [-0.2, -0.15) is 0 Å². The molecule has 2 fully saturated rings. The van der Waals surface area contributed by atoms with Crippen molar-refractivity contribution in [3.63, 3.8) is 0 Å². The van der Waals surface area contributed by atoms with E-state index in [0.29, 0.717) is 11.9 Å². The highest BCUT2D eigenvalue weighted by Crippen LogP contribution is 2.29. The highest BCUT2D eigenvalue weighted by atomic mass is 35.5. The summed E-state index contributed by atoms with van der Waals surface area (Å²) in [6.07, 6.45) is 1.50. The van der Waals surface area contributed by atoms with Gasteiger partial charge in [0.2, 0.25) is 5.79 Å². The Morgan fingerprint density at radius 1 is 1.32 bits per heavy atom. The number of aliphatic imine (C=N–C) groups is 2. The fraction of sp³-hybridized carbons (Fsp3) is 0.818. The highest BCUT2D eigenvalue weighted by Gasteiger charge is 2.47. The first-order chi connectivity index (χ1) is 9.31. The lowest BCUT2D eigenvalue weighted by molar-refractivity contribution is -0.0831. The van der Waals surface area contributed by atoms with Crippen LogP contribution in [0.3, 0.4) is 0 Å². The third-order valence-corrected chi connectivity index (χ3v) is 3.84. The van der Waals surface area contributed by atoms with Crippen LogP contribution in [0.25, 0.3) is 0 Å². The van der Waals surface area contributed by atoms with E-state index in [9.17, 15) is 0 Å². The summed E-state index contributed by atoms with van der Waals surface area (Å²) in [5.41, 5.74) is 0. The van der Waals surface area contributed by atoms with E-state index in [1.807, 2.05) is 0 Å². The minimum Gasteiger partial charge on any atom is -0.369 e. The van der Waals surface area contributed by atoms with Crippen molar-refractivity contribution in [1.82, 2.24) is 20.9 Å². The van der Waals surface area contributed by atoms with Crippen LogP contribution in [0.15, 0.2) is 9.98 Å². The first-order valence-electron chi connectivity index (χ1n) is 6.65. The molecule has 0 amide bonds. The Kier molecular flexibility index (Phi) is 3.99. The molecule has 2 unspecified atom stereocenters. The molecular formula is C11H19ClN6O. The maximum atomic E-state index is 6.07. The van der Waals surface area contributed by atoms with E-state index in [0.717, 1.165) is 39.3 Å². The van der Waals surface area contributed by atoms with Crippen LogP contribution in [0.2, 0.25) is 0 Å². The van der Waals surface area contributed by atoms with Gasteiger partial charge in [-0.25, -0.2) is 9.98 Å². The molecule has 3 aliphatic heterocycles. The van der Waals surface area contributed by atoms with E-state index in [1.54, 1.807) is 6.34 Å². The van der Waals surface area contributed by atoms with Crippen molar-refractivity contribution in [2.45, 2.75) is 11.9 Å². The largest absolute Gasteiger partial charge is 0.369 e. The van der Waals surface area contributed by atoms with Crippen LogP contribution in [0.5, 0.6) is 0 Å². The molecular weight excluding hydrogens is 268 g/mol. The minimum atomic E-state index is -0.738. The van der Waals surface area contributed by atoms with Gasteiger partial charge in [0, 0.05) is 39.3 Å². The van der Waals surface area contributed by atoms with Crippen molar-refractivity contribution in [2.75, 3.05) is 45.9 Å². The van der Waals surface area contributed by atoms with Crippen molar-refractivity contribution < 1.29 is 4.74 Å². The van der Waals surface area contributed by atoms with Gasteiger partial charge in [0.05, 0.1) is 12.9 Å². The van der Waals surface area contributed by atoms with Crippen LogP contribution in [-0.2, 0) is 4.74 Å². The van der Waals surface area contributed by atoms with Crippen LogP contribution in [0.1, 0.15) is 0 Å². The summed E-state index contributed by atoms with van der Waals surface area (Å²) >= 11 is 6.07. The van der Waals surface area contributed by atoms with Crippen LogP contribution in [0, 0.1) is 0 Å². The molecule has 2 atom stereocenters. The Bertz CT molecular complexity index is 357. The van der Waals surface area contributed by atoms with Gasteiger partial charge < -0.3 is 20.7 Å². The van der Waals surface area contributed by atoms with E-state index >= 15 is 0 Å². The number of nitrogens with one attached hydrogen (secondary N) is 3. The Hall–Kier alpha value is -0.730. The van der Waals surface area contributed by atoms with Crippen molar-refractivity contribution in [2.24, 2.45) is 9.98 Å². The lowest BCUT2D eigenvalue weighted by Crippen LogP contribution is -2.65. The first kappa shape index (κ1) is 13.3. The smallest absolute Gasteiger partial charge is 0.239 e. The van der Waals surface area contributed by atoms with Crippen molar-refractivity contribution in [3.05, 3.63) is 0 Å². The molecule has 0 spiro atoms. The Morgan fingerprint density at radius 3 is 2.84 bits per heavy atom. The molecule has 3 rings (SSSR count). The van der Waals surface area contributed by atoms with E-state index < -0.39 is 5.79 Å². The van der Waals surface area contributed by atoms with Crippen LogP contribution >= 0.6 is 11.6 Å². The molecule has 7 nitrogen and oxygen atoms in total. The van der Waals surface area contributed by atoms with Gasteiger partial charge in [0.1, 0.15) is 6.10 Å². The Labute approximate surface area is 117 Å². The molecule has 8 heteroatoms. The molecule has 0 aromatic rings. The van der Waals surface area contributed by atoms with Crippen molar-refractivity contribution >= 4 is 23.2 Å². The van der Waals surface area contributed by atoms with Gasteiger partial charge in [-0.15, -0.1) is 0 Å². The predicted molar refractivity (Wildman–Crippen MR) is 74.7 cm³/mol.